The molecule has 1 aromatic carbocycles. The summed E-state index contributed by atoms with van der Waals surface area (Å²) in [7, 11) is 0. The summed E-state index contributed by atoms with van der Waals surface area (Å²) in [6.45, 7) is 0. The lowest BCUT2D eigenvalue weighted by Crippen LogP contribution is -2.43. The van der Waals surface area contributed by atoms with Crippen LogP contribution >= 0.6 is 11.8 Å². The topological polar surface area (TPSA) is 80.3 Å². The van der Waals surface area contributed by atoms with Crippen LogP contribution in [0.15, 0.2) is 47.5 Å². The Morgan fingerprint density at radius 2 is 1.77 bits per heavy atom. The van der Waals surface area contributed by atoms with Crippen molar-refractivity contribution in [2.24, 2.45) is 5.92 Å². The molecule has 0 aliphatic heterocycles. The Morgan fingerprint density at radius 3 is 2.48 bits per heavy atom. The Balaban J connectivity index is 1.31. The van der Waals surface area contributed by atoms with Crippen LogP contribution < -0.4 is 15.4 Å². The van der Waals surface area contributed by atoms with E-state index in [-0.39, 0.29) is 23.9 Å². The Labute approximate surface area is 187 Å². The summed E-state index contributed by atoms with van der Waals surface area (Å²) < 4.78 is 5.93. The van der Waals surface area contributed by atoms with Gasteiger partial charge in [0.15, 0.2) is 0 Å². The zero-order chi connectivity index (χ0) is 21.6. The van der Waals surface area contributed by atoms with Gasteiger partial charge in [0.05, 0.1) is 0 Å². The minimum atomic E-state index is -0.176. The third kappa shape index (κ3) is 6.23. The molecule has 2 amide bonds. The average Bonchev–Trinajstić information content (AvgIpc) is 3.59. The number of ether oxygens (including phenoxy) is 1. The van der Waals surface area contributed by atoms with Gasteiger partial charge in [-0.1, -0.05) is 6.07 Å². The Kier molecular flexibility index (Phi) is 7.12. The Morgan fingerprint density at radius 1 is 1.03 bits per heavy atom. The first-order chi connectivity index (χ1) is 15.1. The molecule has 2 fully saturated rings. The summed E-state index contributed by atoms with van der Waals surface area (Å²) in [6.07, 6.45) is 10.2. The van der Waals surface area contributed by atoms with Crippen molar-refractivity contribution in [2.75, 3.05) is 6.26 Å². The molecule has 164 valence electrons. The highest BCUT2D eigenvalue weighted by molar-refractivity contribution is 7.98. The molecule has 0 spiro atoms. The smallest absolute Gasteiger partial charge is 0.257 e. The van der Waals surface area contributed by atoms with Crippen LogP contribution in [0.3, 0.4) is 0 Å². The van der Waals surface area contributed by atoms with Crippen molar-refractivity contribution >= 4 is 23.6 Å². The van der Waals surface area contributed by atoms with E-state index in [1.807, 2.05) is 30.5 Å². The van der Waals surface area contributed by atoms with Crippen molar-refractivity contribution in [1.29, 1.82) is 0 Å². The molecular formula is C24H29N3O3S. The van der Waals surface area contributed by atoms with Gasteiger partial charge in [-0.15, -0.1) is 11.8 Å². The fourth-order valence-corrected chi connectivity index (χ4v) is 4.39. The zero-order valence-electron chi connectivity index (χ0n) is 17.8. The highest BCUT2D eigenvalue weighted by atomic mass is 32.2. The van der Waals surface area contributed by atoms with E-state index in [1.165, 1.54) is 12.8 Å². The normalized spacial score (nSPS) is 20.7. The molecule has 2 aliphatic carbocycles. The monoisotopic (exact) mass is 439 g/mol. The quantitative estimate of drug-likeness (QED) is 0.590. The Hall–Kier alpha value is -2.54. The number of benzene rings is 1. The van der Waals surface area contributed by atoms with Crippen LogP contribution in [0, 0.1) is 5.92 Å². The molecule has 0 saturated heterocycles. The third-order valence-electron chi connectivity index (χ3n) is 5.87. The van der Waals surface area contributed by atoms with Gasteiger partial charge in [0.2, 0.25) is 11.8 Å². The molecule has 6 nitrogen and oxygen atoms in total. The van der Waals surface area contributed by atoms with Crippen LogP contribution in [0.2, 0.25) is 0 Å². The number of nitrogens with zero attached hydrogens (tertiary/aromatic N) is 1. The average molecular weight is 440 g/mol. The number of rotatable bonds is 8. The van der Waals surface area contributed by atoms with E-state index in [2.05, 4.69) is 15.6 Å². The standard InChI is InChI=1S/C24H29N3O3S/c1-31-20-5-2-4-19(15-20)30-24-21(6-3-13-25-24)23(29)27-18-11-9-17(10-12-18)26-22(28)14-16-7-8-16/h2-6,13,15-18H,7-12,14H2,1H3,(H,26,28)(H,27,29). The maximum atomic E-state index is 12.9. The van der Waals surface area contributed by atoms with E-state index in [9.17, 15) is 9.59 Å². The number of hydrogen-bond donors (Lipinski definition) is 2. The number of carbonyl (C=O) groups is 2. The molecule has 0 atom stereocenters. The van der Waals surface area contributed by atoms with Gasteiger partial charge >= 0.3 is 0 Å². The van der Waals surface area contributed by atoms with E-state index in [0.29, 0.717) is 29.5 Å². The van der Waals surface area contributed by atoms with Crippen LogP contribution in [-0.4, -0.2) is 35.1 Å². The summed E-state index contributed by atoms with van der Waals surface area (Å²) in [5.41, 5.74) is 0.428. The second kappa shape index (κ2) is 10.2. The molecular weight excluding hydrogens is 410 g/mol. The maximum absolute atomic E-state index is 12.9. The summed E-state index contributed by atoms with van der Waals surface area (Å²) in [5.74, 6) is 1.57. The van der Waals surface area contributed by atoms with Gasteiger partial charge in [0.1, 0.15) is 11.3 Å². The SMILES string of the molecule is CSc1cccc(Oc2ncccc2C(=O)NC2CCC(NC(=O)CC3CC3)CC2)c1. The van der Waals surface area contributed by atoms with E-state index in [0.717, 1.165) is 30.6 Å². The van der Waals surface area contributed by atoms with E-state index in [4.69, 9.17) is 4.74 Å². The minimum Gasteiger partial charge on any atom is -0.438 e. The van der Waals surface area contributed by atoms with Crippen molar-refractivity contribution in [1.82, 2.24) is 15.6 Å². The fraction of sp³-hybridized carbons (Fsp3) is 0.458. The number of carbonyl (C=O) groups excluding carboxylic acids is 2. The van der Waals surface area contributed by atoms with E-state index < -0.39 is 0 Å². The predicted molar refractivity (Wildman–Crippen MR) is 122 cm³/mol. The largest absolute Gasteiger partial charge is 0.438 e. The molecule has 0 bridgehead atoms. The molecule has 2 saturated carbocycles. The molecule has 2 aromatic rings. The lowest BCUT2D eigenvalue weighted by Gasteiger charge is -2.29. The van der Waals surface area contributed by atoms with Crippen LogP contribution in [0.5, 0.6) is 11.6 Å². The van der Waals surface area contributed by atoms with Crippen molar-refractivity contribution < 1.29 is 14.3 Å². The number of nitrogens with one attached hydrogen (secondary N) is 2. The van der Waals surface area contributed by atoms with Gasteiger partial charge < -0.3 is 15.4 Å². The van der Waals surface area contributed by atoms with Crippen molar-refractivity contribution in [2.45, 2.75) is 61.9 Å². The molecule has 2 N–H and O–H groups in total. The summed E-state index contributed by atoms with van der Waals surface area (Å²) in [5, 5.41) is 6.28. The summed E-state index contributed by atoms with van der Waals surface area (Å²) in [4.78, 5) is 30.3. The number of amides is 2. The van der Waals surface area contributed by atoms with E-state index >= 15 is 0 Å². The first-order valence-corrected chi connectivity index (χ1v) is 12.2. The predicted octanol–water partition coefficient (Wildman–Crippen LogP) is 4.55. The molecule has 1 heterocycles. The first-order valence-electron chi connectivity index (χ1n) is 11.0. The van der Waals surface area contributed by atoms with Gasteiger partial charge in [-0.2, -0.15) is 0 Å². The number of pyridine rings is 1. The first kappa shape index (κ1) is 21.7. The molecule has 31 heavy (non-hydrogen) atoms. The zero-order valence-corrected chi connectivity index (χ0v) is 18.6. The van der Waals surface area contributed by atoms with Crippen molar-refractivity contribution in [3.63, 3.8) is 0 Å². The van der Waals surface area contributed by atoms with Crippen LogP contribution in [0.4, 0.5) is 0 Å². The van der Waals surface area contributed by atoms with Crippen LogP contribution in [0.1, 0.15) is 55.3 Å². The minimum absolute atomic E-state index is 0.0944. The molecule has 1 aromatic heterocycles. The Bertz CT molecular complexity index is 924. The molecule has 0 unspecified atom stereocenters. The fourth-order valence-electron chi connectivity index (χ4n) is 3.94. The van der Waals surface area contributed by atoms with Gasteiger partial charge in [-0.05, 0) is 81.0 Å². The number of thioether (sulfide) groups is 1. The highest BCUT2D eigenvalue weighted by Gasteiger charge is 2.28. The second-order valence-electron chi connectivity index (χ2n) is 8.37. The second-order valence-corrected chi connectivity index (χ2v) is 9.25. The molecule has 0 radical (unpaired) electrons. The molecule has 2 aliphatic rings. The highest BCUT2D eigenvalue weighted by Crippen LogP contribution is 2.32. The summed E-state index contributed by atoms with van der Waals surface area (Å²) >= 11 is 1.63. The van der Waals surface area contributed by atoms with Crippen LogP contribution in [-0.2, 0) is 4.79 Å². The van der Waals surface area contributed by atoms with Crippen molar-refractivity contribution in [3.05, 3.63) is 48.2 Å². The van der Waals surface area contributed by atoms with E-state index in [1.54, 1.807) is 30.1 Å². The van der Waals surface area contributed by atoms with Gasteiger partial charge in [-0.3, -0.25) is 9.59 Å². The van der Waals surface area contributed by atoms with Gasteiger partial charge in [-0.25, -0.2) is 4.98 Å². The lowest BCUT2D eigenvalue weighted by molar-refractivity contribution is -0.122. The van der Waals surface area contributed by atoms with Gasteiger partial charge in [0, 0.05) is 29.6 Å². The van der Waals surface area contributed by atoms with Crippen molar-refractivity contribution in [3.8, 4) is 11.6 Å². The summed E-state index contributed by atoms with van der Waals surface area (Å²) in [6, 6.07) is 11.5. The maximum Gasteiger partial charge on any atom is 0.257 e. The number of aromatic nitrogens is 1. The van der Waals surface area contributed by atoms with Gasteiger partial charge in [0.25, 0.3) is 5.91 Å². The molecule has 7 heteroatoms. The molecule has 4 rings (SSSR count). The van der Waals surface area contributed by atoms with Crippen LogP contribution in [0.25, 0.3) is 0 Å². The lowest BCUT2D eigenvalue weighted by atomic mass is 9.91. The third-order valence-corrected chi connectivity index (χ3v) is 6.60. The number of hydrogen-bond acceptors (Lipinski definition) is 5.